The molecule has 0 bridgehead atoms. The van der Waals surface area contributed by atoms with Crippen LogP contribution in [0.2, 0.25) is 0 Å². The fourth-order valence-electron chi connectivity index (χ4n) is 2.98. The number of primary amides is 1. The van der Waals surface area contributed by atoms with Crippen LogP contribution in [0.1, 0.15) is 45.4 Å². The summed E-state index contributed by atoms with van der Waals surface area (Å²) in [6.45, 7) is 5.81. The lowest BCUT2D eigenvalue weighted by Crippen LogP contribution is -2.39. The molecule has 0 aromatic carbocycles. The largest absolute Gasteiger partial charge is 0.465 e. The monoisotopic (exact) mass is 353 g/mol. The van der Waals surface area contributed by atoms with Crippen molar-refractivity contribution >= 4 is 34.1 Å². The van der Waals surface area contributed by atoms with Crippen LogP contribution >= 0.6 is 11.3 Å². The maximum Gasteiger partial charge on any atom is 0.341 e. The minimum Gasteiger partial charge on any atom is -0.465 e. The molecule has 1 aromatic heterocycles. The fourth-order valence-corrected chi connectivity index (χ4v) is 4.05. The Hall–Kier alpha value is -1.93. The Morgan fingerprint density at radius 3 is 2.71 bits per heavy atom. The highest BCUT2D eigenvalue weighted by atomic mass is 32.1. The molecule has 7 nitrogen and oxygen atoms in total. The highest BCUT2D eigenvalue weighted by Gasteiger charge is 2.26. The second-order valence-electron chi connectivity index (χ2n) is 6.15. The molecule has 0 unspecified atom stereocenters. The first-order valence-corrected chi connectivity index (χ1v) is 8.68. The molecule has 24 heavy (non-hydrogen) atoms. The molecule has 1 atom stereocenters. The molecule has 0 saturated carbocycles. The number of carbonyl (C=O) groups is 3. The van der Waals surface area contributed by atoms with Crippen molar-refractivity contribution in [2.45, 2.75) is 26.7 Å². The van der Waals surface area contributed by atoms with Gasteiger partial charge in [-0.25, -0.2) is 4.79 Å². The smallest absolute Gasteiger partial charge is 0.341 e. The van der Waals surface area contributed by atoms with Crippen molar-refractivity contribution in [2.24, 2.45) is 11.7 Å². The first kappa shape index (κ1) is 18.4. The van der Waals surface area contributed by atoms with Crippen LogP contribution in [0, 0.1) is 12.8 Å². The summed E-state index contributed by atoms with van der Waals surface area (Å²) in [5, 5.41) is 3.04. The van der Waals surface area contributed by atoms with Crippen LogP contribution < -0.4 is 11.1 Å². The molecule has 1 fully saturated rings. The molecule has 132 valence electrons. The molecular weight excluding hydrogens is 330 g/mol. The number of amides is 2. The zero-order valence-corrected chi connectivity index (χ0v) is 15.0. The summed E-state index contributed by atoms with van der Waals surface area (Å²) in [6, 6.07) is 0. The fraction of sp³-hybridized carbons (Fsp3) is 0.562. The second kappa shape index (κ2) is 7.76. The van der Waals surface area contributed by atoms with E-state index < -0.39 is 11.9 Å². The number of likely N-dealkylation sites (tertiary alicyclic amines) is 1. The van der Waals surface area contributed by atoms with Crippen LogP contribution in [0.15, 0.2) is 0 Å². The van der Waals surface area contributed by atoms with Gasteiger partial charge in [-0.2, -0.15) is 0 Å². The number of nitrogens with one attached hydrogen (secondary N) is 1. The van der Waals surface area contributed by atoms with E-state index in [9.17, 15) is 14.4 Å². The van der Waals surface area contributed by atoms with Crippen molar-refractivity contribution in [2.75, 3.05) is 32.1 Å². The molecule has 2 heterocycles. The number of nitrogens with two attached hydrogens (primary N) is 1. The number of thiophene rings is 1. The molecule has 1 aliphatic rings. The topological polar surface area (TPSA) is 102 Å². The van der Waals surface area contributed by atoms with Crippen LogP contribution in [0.5, 0.6) is 0 Å². The van der Waals surface area contributed by atoms with E-state index in [1.165, 1.54) is 13.5 Å². The third kappa shape index (κ3) is 4.12. The molecule has 8 heteroatoms. The van der Waals surface area contributed by atoms with Gasteiger partial charge in [-0.3, -0.25) is 14.5 Å². The number of ether oxygens (including phenoxy) is 1. The van der Waals surface area contributed by atoms with Crippen molar-refractivity contribution in [1.82, 2.24) is 4.90 Å². The van der Waals surface area contributed by atoms with Crippen LogP contribution in [0.3, 0.4) is 0 Å². The van der Waals surface area contributed by atoms with E-state index in [0.717, 1.165) is 30.8 Å². The minimum atomic E-state index is -0.631. The lowest BCUT2D eigenvalue weighted by molar-refractivity contribution is -0.117. The summed E-state index contributed by atoms with van der Waals surface area (Å²) >= 11 is 1.00. The van der Waals surface area contributed by atoms with Crippen molar-refractivity contribution in [1.29, 1.82) is 0 Å². The molecule has 2 rings (SSSR count). The SMILES string of the molecule is COC(=O)c1c(NC(=O)CN2CCC[C@@H](C)C2)sc(C(N)=O)c1C. The number of piperidine rings is 1. The summed E-state index contributed by atoms with van der Waals surface area (Å²) in [5.41, 5.74) is 5.96. The van der Waals surface area contributed by atoms with Gasteiger partial charge in [0.1, 0.15) is 5.00 Å². The summed E-state index contributed by atoms with van der Waals surface area (Å²) in [4.78, 5) is 38.1. The van der Waals surface area contributed by atoms with Gasteiger partial charge in [0.25, 0.3) is 5.91 Å². The Kier molecular flexibility index (Phi) is 5.95. The predicted molar refractivity (Wildman–Crippen MR) is 92.4 cm³/mol. The molecule has 1 aromatic rings. The van der Waals surface area contributed by atoms with Gasteiger partial charge in [0, 0.05) is 6.54 Å². The highest BCUT2D eigenvalue weighted by Crippen LogP contribution is 2.33. The predicted octanol–water partition coefficient (Wildman–Crippen LogP) is 1.61. The molecule has 1 saturated heterocycles. The Morgan fingerprint density at radius 2 is 2.12 bits per heavy atom. The Bertz CT molecular complexity index is 656. The second-order valence-corrected chi connectivity index (χ2v) is 7.17. The van der Waals surface area contributed by atoms with E-state index in [1.807, 2.05) is 0 Å². The number of hydrogen-bond donors (Lipinski definition) is 2. The quantitative estimate of drug-likeness (QED) is 0.783. The van der Waals surface area contributed by atoms with Crippen molar-refractivity contribution < 1.29 is 19.1 Å². The van der Waals surface area contributed by atoms with Gasteiger partial charge in [0.15, 0.2) is 0 Å². The van der Waals surface area contributed by atoms with E-state index in [4.69, 9.17) is 10.5 Å². The van der Waals surface area contributed by atoms with E-state index in [1.54, 1.807) is 6.92 Å². The van der Waals surface area contributed by atoms with Gasteiger partial charge in [-0.05, 0) is 37.8 Å². The standard InChI is InChI=1S/C16H23N3O4S/c1-9-5-4-6-19(7-9)8-11(20)18-15-12(16(22)23-3)10(2)13(24-15)14(17)21/h9H,4-8H2,1-3H3,(H2,17,21)(H,18,20)/t9-/m1/s1. The van der Waals surface area contributed by atoms with Crippen LogP contribution in [0.4, 0.5) is 5.00 Å². The first-order chi connectivity index (χ1) is 11.3. The van der Waals surface area contributed by atoms with Crippen LogP contribution in [-0.2, 0) is 9.53 Å². The zero-order chi connectivity index (χ0) is 17.9. The third-order valence-electron chi connectivity index (χ3n) is 4.12. The van der Waals surface area contributed by atoms with Gasteiger partial charge < -0.3 is 15.8 Å². The number of rotatable bonds is 5. The average Bonchev–Trinajstić information content (AvgIpc) is 2.83. The molecule has 0 radical (unpaired) electrons. The summed E-state index contributed by atoms with van der Waals surface area (Å²) in [6.07, 6.45) is 2.25. The van der Waals surface area contributed by atoms with E-state index in [0.29, 0.717) is 16.5 Å². The normalized spacial score (nSPS) is 18.2. The number of esters is 1. The third-order valence-corrected chi connectivity index (χ3v) is 5.34. The summed E-state index contributed by atoms with van der Waals surface area (Å²) in [5.74, 6) is -0.875. The molecule has 2 amide bonds. The average molecular weight is 353 g/mol. The number of nitrogens with zero attached hydrogens (tertiary/aromatic N) is 1. The van der Waals surface area contributed by atoms with Gasteiger partial charge in [0.05, 0.1) is 24.1 Å². The Labute approximate surface area is 145 Å². The van der Waals surface area contributed by atoms with Gasteiger partial charge >= 0.3 is 5.97 Å². The molecule has 1 aliphatic heterocycles. The molecular formula is C16H23N3O4S. The Morgan fingerprint density at radius 1 is 1.42 bits per heavy atom. The number of carbonyl (C=O) groups excluding carboxylic acids is 3. The first-order valence-electron chi connectivity index (χ1n) is 7.87. The maximum absolute atomic E-state index is 12.3. The molecule has 0 aliphatic carbocycles. The van der Waals surface area contributed by atoms with E-state index in [-0.39, 0.29) is 22.9 Å². The van der Waals surface area contributed by atoms with Crippen LogP contribution in [0.25, 0.3) is 0 Å². The number of methoxy groups -OCH3 is 1. The number of hydrogen-bond acceptors (Lipinski definition) is 6. The number of anilines is 1. The van der Waals surface area contributed by atoms with Gasteiger partial charge in [-0.15, -0.1) is 11.3 Å². The highest BCUT2D eigenvalue weighted by molar-refractivity contribution is 7.18. The lowest BCUT2D eigenvalue weighted by atomic mass is 10.0. The molecule has 0 spiro atoms. The van der Waals surface area contributed by atoms with E-state index in [2.05, 4.69) is 17.1 Å². The maximum atomic E-state index is 12.3. The van der Waals surface area contributed by atoms with Gasteiger partial charge in [-0.1, -0.05) is 6.92 Å². The minimum absolute atomic E-state index is 0.191. The van der Waals surface area contributed by atoms with Crippen LogP contribution in [-0.4, -0.2) is 49.4 Å². The van der Waals surface area contributed by atoms with Crippen molar-refractivity contribution in [3.05, 3.63) is 16.0 Å². The van der Waals surface area contributed by atoms with Gasteiger partial charge in [0.2, 0.25) is 5.91 Å². The summed E-state index contributed by atoms with van der Waals surface area (Å²) < 4.78 is 4.75. The van der Waals surface area contributed by atoms with Crippen molar-refractivity contribution in [3.8, 4) is 0 Å². The summed E-state index contributed by atoms with van der Waals surface area (Å²) in [7, 11) is 1.25. The van der Waals surface area contributed by atoms with E-state index >= 15 is 0 Å². The van der Waals surface area contributed by atoms with Crippen molar-refractivity contribution in [3.63, 3.8) is 0 Å². The molecule has 3 N–H and O–H groups in total. The lowest BCUT2D eigenvalue weighted by Gasteiger charge is -2.30. The Balaban J connectivity index is 2.15. The zero-order valence-electron chi connectivity index (χ0n) is 14.2.